The molecule has 1 aromatic heterocycles. The van der Waals surface area contributed by atoms with E-state index in [-0.39, 0.29) is 23.8 Å². The SMILES string of the molecule is N#Cc1ccc(NC(=O)NCC2c3ccccc3-c3cncn32)c(OC(F)(F)F)c1. The molecule has 1 atom stereocenters. The number of hydrogen-bond donors (Lipinski definition) is 2. The molecule has 10 heteroatoms. The van der Waals surface area contributed by atoms with E-state index in [1.807, 2.05) is 28.8 Å². The van der Waals surface area contributed by atoms with Gasteiger partial charge < -0.3 is 19.9 Å². The van der Waals surface area contributed by atoms with Crippen LogP contribution in [-0.4, -0.2) is 28.5 Å². The zero-order chi connectivity index (χ0) is 21.3. The highest BCUT2D eigenvalue weighted by molar-refractivity contribution is 5.91. The van der Waals surface area contributed by atoms with Crippen molar-refractivity contribution in [2.24, 2.45) is 0 Å². The third kappa shape index (κ3) is 3.77. The zero-order valence-corrected chi connectivity index (χ0v) is 15.3. The summed E-state index contributed by atoms with van der Waals surface area (Å²) >= 11 is 0. The van der Waals surface area contributed by atoms with E-state index in [2.05, 4.69) is 20.4 Å². The molecule has 0 saturated heterocycles. The van der Waals surface area contributed by atoms with Gasteiger partial charge in [0.2, 0.25) is 0 Å². The summed E-state index contributed by atoms with van der Waals surface area (Å²) in [6.45, 7) is 0.192. The molecule has 3 aromatic rings. The largest absolute Gasteiger partial charge is 0.573 e. The van der Waals surface area contributed by atoms with Crippen LogP contribution >= 0.6 is 0 Å². The van der Waals surface area contributed by atoms with Gasteiger partial charge in [-0.1, -0.05) is 24.3 Å². The Morgan fingerprint density at radius 1 is 1.27 bits per heavy atom. The first-order valence-electron chi connectivity index (χ1n) is 8.81. The standard InChI is InChI=1S/C20H14F3N5O2/c21-20(22,23)30-18-7-12(8-24)5-6-15(18)27-19(29)26-10-17-14-4-2-1-3-13(14)16-9-25-11-28(16)17/h1-7,9,11,17H,10H2,(H2,26,27,29). The van der Waals surface area contributed by atoms with E-state index in [0.29, 0.717) is 0 Å². The van der Waals surface area contributed by atoms with Gasteiger partial charge in [0.25, 0.3) is 0 Å². The molecule has 152 valence electrons. The van der Waals surface area contributed by atoms with Crippen molar-refractivity contribution in [3.63, 3.8) is 0 Å². The van der Waals surface area contributed by atoms with Crippen LogP contribution in [0, 0.1) is 11.3 Å². The number of benzene rings is 2. The summed E-state index contributed by atoms with van der Waals surface area (Å²) in [6, 6.07) is 11.9. The van der Waals surface area contributed by atoms with Gasteiger partial charge in [0, 0.05) is 18.2 Å². The van der Waals surface area contributed by atoms with Crippen molar-refractivity contribution in [3.05, 3.63) is 66.1 Å². The fraction of sp³-hybridized carbons (Fsp3) is 0.150. The minimum Gasteiger partial charge on any atom is -0.404 e. The Labute approximate surface area is 168 Å². The smallest absolute Gasteiger partial charge is 0.404 e. The van der Waals surface area contributed by atoms with Crippen LogP contribution < -0.4 is 15.4 Å². The quantitative estimate of drug-likeness (QED) is 0.675. The molecule has 0 bridgehead atoms. The van der Waals surface area contributed by atoms with Crippen LogP contribution in [0.5, 0.6) is 5.75 Å². The Hall–Kier alpha value is -4.00. The molecule has 30 heavy (non-hydrogen) atoms. The number of fused-ring (bicyclic) bond motifs is 3. The summed E-state index contributed by atoms with van der Waals surface area (Å²) in [6.07, 6.45) is -1.57. The first-order chi connectivity index (χ1) is 14.4. The number of nitrogens with zero attached hydrogens (tertiary/aromatic N) is 3. The molecule has 1 aliphatic rings. The van der Waals surface area contributed by atoms with E-state index in [0.717, 1.165) is 22.9 Å². The van der Waals surface area contributed by atoms with Gasteiger partial charge in [0.1, 0.15) is 0 Å². The number of nitriles is 1. The molecule has 0 aliphatic carbocycles. The zero-order valence-electron chi connectivity index (χ0n) is 15.3. The number of rotatable bonds is 4. The van der Waals surface area contributed by atoms with E-state index in [4.69, 9.17) is 5.26 Å². The van der Waals surface area contributed by atoms with Crippen LogP contribution in [-0.2, 0) is 0 Å². The first-order valence-corrected chi connectivity index (χ1v) is 8.81. The number of urea groups is 1. The third-order valence-corrected chi connectivity index (χ3v) is 4.64. The van der Waals surface area contributed by atoms with Crippen LogP contribution in [0.25, 0.3) is 11.3 Å². The highest BCUT2D eigenvalue weighted by Crippen LogP contribution is 2.38. The number of aromatic nitrogens is 2. The van der Waals surface area contributed by atoms with Gasteiger partial charge in [0.15, 0.2) is 5.75 Å². The second kappa shape index (κ2) is 7.44. The normalized spacial score (nSPS) is 14.4. The van der Waals surface area contributed by atoms with Gasteiger partial charge in [0.05, 0.1) is 41.6 Å². The van der Waals surface area contributed by atoms with Crippen molar-refractivity contribution >= 4 is 11.7 Å². The number of ether oxygens (including phenoxy) is 1. The molecule has 7 nitrogen and oxygen atoms in total. The summed E-state index contributed by atoms with van der Waals surface area (Å²) < 4.78 is 43.8. The maximum absolute atomic E-state index is 12.7. The number of halogens is 3. The number of carbonyl (C=O) groups is 1. The fourth-order valence-corrected chi connectivity index (χ4v) is 3.40. The fourth-order valence-electron chi connectivity index (χ4n) is 3.40. The monoisotopic (exact) mass is 413 g/mol. The number of imidazole rings is 1. The first kappa shape index (κ1) is 19.3. The summed E-state index contributed by atoms with van der Waals surface area (Å²) in [5.41, 5.74) is 2.70. The summed E-state index contributed by atoms with van der Waals surface area (Å²) in [5.74, 6) is -0.667. The molecule has 1 unspecified atom stereocenters. The van der Waals surface area contributed by atoms with Gasteiger partial charge in [-0.25, -0.2) is 9.78 Å². The van der Waals surface area contributed by atoms with Gasteiger partial charge in [-0.05, 0) is 17.7 Å². The van der Waals surface area contributed by atoms with Gasteiger partial charge >= 0.3 is 12.4 Å². The van der Waals surface area contributed by atoms with E-state index in [9.17, 15) is 18.0 Å². The van der Waals surface area contributed by atoms with Gasteiger partial charge in [-0.15, -0.1) is 13.2 Å². The van der Waals surface area contributed by atoms with E-state index >= 15 is 0 Å². The van der Waals surface area contributed by atoms with Crippen LogP contribution in [0.3, 0.4) is 0 Å². The maximum Gasteiger partial charge on any atom is 0.573 e. The Balaban J connectivity index is 1.48. The minimum atomic E-state index is -4.97. The molecule has 0 radical (unpaired) electrons. The lowest BCUT2D eigenvalue weighted by Gasteiger charge is -2.17. The highest BCUT2D eigenvalue weighted by atomic mass is 19.4. The van der Waals surface area contributed by atoms with E-state index in [1.165, 1.54) is 12.1 Å². The highest BCUT2D eigenvalue weighted by Gasteiger charge is 2.33. The van der Waals surface area contributed by atoms with Crippen LogP contribution in [0.15, 0.2) is 55.0 Å². The average Bonchev–Trinajstić information content (AvgIpc) is 3.28. The van der Waals surface area contributed by atoms with Crippen LogP contribution in [0.4, 0.5) is 23.7 Å². The van der Waals surface area contributed by atoms with Crippen molar-refractivity contribution in [2.75, 3.05) is 11.9 Å². The Bertz CT molecular complexity index is 1150. The molecule has 4 rings (SSSR count). The van der Waals surface area contributed by atoms with Crippen molar-refractivity contribution in [1.29, 1.82) is 5.26 Å². The average molecular weight is 413 g/mol. The van der Waals surface area contributed by atoms with Crippen molar-refractivity contribution in [3.8, 4) is 23.1 Å². The van der Waals surface area contributed by atoms with E-state index < -0.39 is 18.1 Å². The Morgan fingerprint density at radius 3 is 2.83 bits per heavy atom. The molecular formula is C20H14F3N5O2. The summed E-state index contributed by atoms with van der Waals surface area (Å²) in [4.78, 5) is 16.5. The number of amides is 2. The lowest BCUT2D eigenvalue weighted by atomic mass is 10.0. The molecule has 0 fully saturated rings. The van der Waals surface area contributed by atoms with Gasteiger partial charge in [-0.2, -0.15) is 5.26 Å². The second-order valence-corrected chi connectivity index (χ2v) is 6.49. The molecular weight excluding hydrogens is 399 g/mol. The molecule has 2 N–H and O–H groups in total. The number of alkyl halides is 3. The molecule has 2 heterocycles. The number of nitrogens with one attached hydrogen (secondary N) is 2. The van der Waals surface area contributed by atoms with Crippen LogP contribution in [0.2, 0.25) is 0 Å². The number of anilines is 1. The molecule has 0 spiro atoms. The number of hydrogen-bond acceptors (Lipinski definition) is 4. The lowest BCUT2D eigenvalue weighted by Crippen LogP contribution is -2.34. The van der Waals surface area contributed by atoms with Crippen molar-refractivity contribution in [1.82, 2.24) is 14.9 Å². The van der Waals surface area contributed by atoms with E-state index in [1.54, 1.807) is 18.6 Å². The third-order valence-electron chi connectivity index (χ3n) is 4.64. The predicted molar refractivity (Wildman–Crippen MR) is 101 cm³/mol. The minimum absolute atomic E-state index is 0.0320. The van der Waals surface area contributed by atoms with Crippen molar-refractivity contribution < 1.29 is 22.7 Å². The molecule has 2 aromatic carbocycles. The topological polar surface area (TPSA) is 92.0 Å². The van der Waals surface area contributed by atoms with Crippen molar-refractivity contribution in [2.45, 2.75) is 12.4 Å². The Kier molecular flexibility index (Phi) is 4.79. The summed E-state index contributed by atoms with van der Waals surface area (Å²) in [5, 5.41) is 13.9. The predicted octanol–water partition coefficient (Wildman–Crippen LogP) is 4.04. The molecule has 1 aliphatic heterocycles. The molecule has 0 saturated carbocycles. The Morgan fingerprint density at radius 2 is 2.07 bits per heavy atom. The lowest BCUT2D eigenvalue weighted by molar-refractivity contribution is -0.274. The summed E-state index contributed by atoms with van der Waals surface area (Å²) in [7, 11) is 0. The second-order valence-electron chi connectivity index (χ2n) is 6.49. The maximum atomic E-state index is 12.7. The molecule has 2 amide bonds. The number of carbonyl (C=O) groups excluding carboxylic acids is 1. The van der Waals surface area contributed by atoms with Crippen LogP contribution in [0.1, 0.15) is 17.2 Å². The van der Waals surface area contributed by atoms with Gasteiger partial charge in [-0.3, -0.25) is 0 Å².